The van der Waals surface area contributed by atoms with Gasteiger partial charge in [-0.15, -0.1) is 0 Å². The van der Waals surface area contributed by atoms with Crippen LogP contribution in [0.3, 0.4) is 0 Å². The first-order valence-corrected chi connectivity index (χ1v) is 11.7. The summed E-state index contributed by atoms with van der Waals surface area (Å²) in [5, 5.41) is 0. The highest BCUT2D eigenvalue weighted by molar-refractivity contribution is 5.72. The summed E-state index contributed by atoms with van der Waals surface area (Å²) in [6.07, 6.45) is 11.3. The topological polar surface area (TPSA) is 44.8 Å². The summed E-state index contributed by atoms with van der Waals surface area (Å²) >= 11 is 0. The lowest BCUT2D eigenvalue weighted by Crippen LogP contribution is -2.41. The molecule has 4 nitrogen and oxygen atoms in total. The summed E-state index contributed by atoms with van der Waals surface area (Å²) in [5.74, 6) is 0.879. The molecular formula is C25H44O4. The van der Waals surface area contributed by atoms with Gasteiger partial charge in [0.15, 0.2) is 0 Å². The van der Waals surface area contributed by atoms with E-state index >= 15 is 0 Å². The molecule has 2 fully saturated rings. The number of ether oxygens (including phenoxy) is 1. The van der Waals surface area contributed by atoms with Crippen molar-refractivity contribution < 1.29 is 19.3 Å². The highest BCUT2D eigenvalue weighted by Gasteiger charge is 2.38. The van der Waals surface area contributed by atoms with Gasteiger partial charge in [0.1, 0.15) is 11.7 Å². The third-order valence-electron chi connectivity index (χ3n) is 7.57. The second-order valence-corrected chi connectivity index (χ2v) is 10.6. The Morgan fingerprint density at radius 2 is 1.97 bits per heavy atom. The van der Waals surface area contributed by atoms with Crippen molar-refractivity contribution in [3.05, 3.63) is 12.2 Å². The van der Waals surface area contributed by atoms with Crippen molar-refractivity contribution in [2.45, 2.75) is 111 Å². The molecule has 0 amide bonds. The van der Waals surface area contributed by atoms with Gasteiger partial charge in [0, 0.05) is 0 Å². The highest BCUT2D eigenvalue weighted by atomic mass is 17.2. The van der Waals surface area contributed by atoms with Crippen LogP contribution >= 0.6 is 0 Å². The average Bonchev–Trinajstić information content (AvgIpc) is 2.66. The zero-order chi connectivity index (χ0) is 21.7. The van der Waals surface area contributed by atoms with Gasteiger partial charge < -0.3 is 4.74 Å². The second kappa shape index (κ2) is 10.4. The molecule has 1 aliphatic carbocycles. The van der Waals surface area contributed by atoms with Crippen LogP contribution in [0.15, 0.2) is 12.2 Å². The minimum absolute atomic E-state index is 0.207. The normalized spacial score (nSPS) is 31.9. The largest absolute Gasteiger partial charge is 0.469 e. The fourth-order valence-electron chi connectivity index (χ4n) is 5.24. The van der Waals surface area contributed by atoms with Gasteiger partial charge >= 0.3 is 5.97 Å². The minimum atomic E-state index is -0.289. The Bertz CT molecular complexity index is 545. The zero-order valence-corrected chi connectivity index (χ0v) is 19.7. The van der Waals surface area contributed by atoms with Gasteiger partial charge in [0.25, 0.3) is 0 Å². The number of hydrogen-bond donors (Lipinski definition) is 0. The number of esters is 1. The van der Waals surface area contributed by atoms with E-state index in [1.165, 1.54) is 51.2 Å². The number of hydrogen-bond acceptors (Lipinski definition) is 4. The highest BCUT2D eigenvalue weighted by Crippen LogP contribution is 2.46. The van der Waals surface area contributed by atoms with Gasteiger partial charge in [0.2, 0.25) is 0 Å². The maximum absolute atomic E-state index is 11.7. The smallest absolute Gasteiger partial charge is 0.311 e. The summed E-state index contributed by atoms with van der Waals surface area (Å²) in [5.41, 5.74) is 1.64. The fourth-order valence-corrected chi connectivity index (χ4v) is 5.24. The van der Waals surface area contributed by atoms with E-state index in [0.29, 0.717) is 11.3 Å². The third kappa shape index (κ3) is 6.82. The number of allylic oxidation sites excluding steroid dienone is 1. The number of carbonyl (C=O) groups excluding carboxylic acids is 1. The molecule has 0 bridgehead atoms. The lowest BCUT2D eigenvalue weighted by molar-refractivity contribution is -0.411. The van der Waals surface area contributed by atoms with E-state index in [9.17, 15) is 4.79 Å². The van der Waals surface area contributed by atoms with Gasteiger partial charge in [-0.05, 0) is 76.0 Å². The summed E-state index contributed by atoms with van der Waals surface area (Å²) in [6, 6.07) is 0. The first kappa shape index (κ1) is 24.4. The maximum atomic E-state index is 11.7. The predicted molar refractivity (Wildman–Crippen MR) is 117 cm³/mol. The fraction of sp³-hybridized carbons (Fsp3) is 0.880. The molecule has 0 aromatic heterocycles. The van der Waals surface area contributed by atoms with Crippen molar-refractivity contribution in [1.29, 1.82) is 0 Å². The SMILES string of the molecule is C=C1CCCC(C)(C)[C@@H]1CC[C@@H](C)CCC[C@]1(C)CC[C@@H]([C@@H](C)C(=O)OC)OO1. The molecule has 1 heterocycles. The first-order chi connectivity index (χ1) is 13.6. The van der Waals surface area contributed by atoms with Crippen molar-refractivity contribution in [3.8, 4) is 0 Å². The average molecular weight is 409 g/mol. The molecular weight excluding hydrogens is 364 g/mol. The van der Waals surface area contributed by atoms with Crippen LogP contribution in [0.2, 0.25) is 0 Å². The molecule has 0 aromatic carbocycles. The van der Waals surface area contributed by atoms with Crippen LogP contribution in [-0.4, -0.2) is 24.8 Å². The predicted octanol–water partition coefficient (Wildman–Crippen LogP) is 6.63. The molecule has 0 unspecified atom stereocenters. The van der Waals surface area contributed by atoms with E-state index in [1.807, 2.05) is 6.92 Å². The van der Waals surface area contributed by atoms with E-state index < -0.39 is 0 Å². The Kier molecular flexibility index (Phi) is 8.78. The molecule has 5 atom stereocenters. The first-order valence-electron chi connectivity index (χ1n) is 11.7. The summed E-state index contributed by atoms with van der Waals surface area (Å²) < 4.78 is 4.81. The summed E-state index contributed by atoms with van der Waals surface area (Å²) in [7, 11) is 1.42. The molecule has 29 heavy (non-hydrogen) atoms. The Morgan fingerprint density at radius 3 is 2.55 bits per heavy atom. The molecule has 0 N–H and O–H groups in total. The molecule has 0 radical (unpaired) electrons. The van der Waals surface area contributed by atoms with Crippen LogP contribution < -0.4 is 0 Å². The van der Waals surface area contributed by atoms with Gasteiger partial charge in [-0.25, -0.2) is 9.78 Å². The van der Waals surface area contributed by atoms with E-state index in [4.69, 9.17) is 14.5 Å². The van der Waals surface area contributed by atoms with Crippen molar-refractivity contribution >= 4 is 5.97 Å². The zero-order valence-electron chi connectivity index (χ0n) is 19.7. The Morgan fingerprint density at radius 1 is 1.24 bits per heavy atom. The molecule has 1 saturated heterocycles. The van der Waals surface area contributed by atoms with Crippen LogP contribution in [-0.2, 0) is 19.3 Å². The van der Waals surface area contributed by atoms with E-state index in [0.717, 1.165) is 31.6 Å². The lowest BCUT2D eigenvalue weighted by Gasteiger charge is -2.41. The van der Waals surface area contributed by atoms with Crippen LogP contribution in [0.25, 0.3) is 0 Å². The van der Waals surface area contributed by atoms with Crippen molar-refractivity contribution in [2.75, 3.05) is 7.11 Å². The Balaban J connectivity index is 1.69. The van der Waals surface area contributed by atoms with Crippen LogP contribution in [0.1, 0.15) is 98.8 Å². The monoisotopic (exact) mass is 408 g/mol. The third-order valence-corrected chi connectivity index (χ3v) is 7.57. The molecule has 0 aromatic rings. The van der Waals surface area contributed by atoms with Gasteiger partial charge in [-0.3, -0.25) is 4.79 Å². The number of rotatable bonds is 9. The van der Waals surface area contributed by atoms with Crippen LogP contribution in [0.4, 0.5) is 0 Å². The van der Waals surface area contributed by atoms with Crippen molar-refractivity contribution in [3.63, 3.8) is 0 Å². The standard InChI is InChI=1S/C25H44O4/c1-18(12-13-21-19(2)11-9-15-24(21,4)5)10-8-16-25(6)17-14-22(28-29-25)20(3)23(26)27-7/h18,20-22H,2,8-17H2,1,3-7H3/t18-,20+,21+,22-,25+/m0/s1. The molecule has 4 heteroatoms. The minimum Gasteiger partial charge on any atom is -0.469 e. The molecule has 2 rings (SSSR count). The maximum Gasteiger partial charge on any atom is 0.311 e. The lowest BCUT2D eigenvalue weighted by atomic mass is 9.65. The van der Waals surface area contributed by atoms with Gasteiger partial charge in [-0.2, -0.15) is 0 Å². The molecule has 2 aliphatic rings. The van der Waals surface area contributed by atoms with E-state index in [2.05, 4.69) is 34.3 Å². The van der Waals surface area contributed by atoms with E-state index in [-0.39, 0.29) is 23.6 Å². The van der Waals surface area contributed by atoms with Gasteiger partial charge in [0.05, 0.1) is 13.0 Å². The molecule has 1 saturated carbocycles. The van der Waals surface area contributed by atoms with Gasteiger partial charge in [-0.1, -0.05) is 52.2 Å². The van der Waals surface area contributed by atoms with Crippen LogP contribution in [0.5, 0.6) is 0 Å². The Labute approximate surface area is 178 Å². The summed E-state index contributed by atoms with van der Waals surface area (Å²) in [4.78, 5) is 23.0. The molecule has 168 valence electrons. The number of methoxy groups -OCH3 is 1. The Hall–Kier alpha value is -0.870. The van der Waals surface area contributed by atoms with Crippen molar-refractivity contribution in [1.82, 2.24) is 0 Å². The van der Waals surface area contributed by atoms with E-state index in [1.54, 1.807) is 0 Å². The quantitative estimate of drug-likeness (QED) is 0.244. The second-order valence-electron chi connectivity index (χ2n) is 10.6. The summed E-state index contributed by atoms with van der Waals surface area (Å²) in [6.45, 7) is 15.6. The molecule has 0 spiro atoms. The number of carbonyl (C=O) groups is 1. The van der Waals surface area contributed by atoms with Crippen LogP contribution in [0, 0.1) is 23.2 Å². The molecule has 1 aliphatic heterocycles. The van der Waals surface area contributed by atoms with Crippen molar-refractivity contribution in [2.24, 2.45) is 23.2 Å².